The molecule has 1 aromatic heterocycles. The number of nitrogens with one attached hydrogen (secondary N) is 1. The normalized spacial score (nSPS) is 25.2. The molecule has 3 heterocycles. The number of fused-ring (bicyclic) bond motifs is 2. The highest BCUT2D eigenvalue weighted by atomic mass is 35.5. The van der Waals surface area contributed by atoms with Gasteiger partial charge in [0.2, 0.25) is 5.91 Å². The van der Waals surface area contributed by atoms with E-state index in [0.717, 1.165) is 24.3 Å². The molecule has 0 radical (unpaired) electrons. The van der Waals surface area contributed by atoms with Crippen molar-refractivity contribution in [1.29, 1.82) is 0 Å². The number of aromatic nitrogens is 1. The molecule has 1 amide bonds. The summed E-state index contributed by atoms with van der Waals surface area (Å²) < 4.78 is 0. The van der Waals surface area contributed by atoms with Crippen LogP contribution in [0.3, 0.4) is 0 Å². The van der Waals surface area contributed by atoms with Gasteiger partial charge in [-0.3, -0.25) is 9.78 Å². The smallest absolute Gasteiger partial charge is 0.232 e. The van der Waals surface area contributed by atoms with Crippen LogP contribution in [0.5, 0.6) is 0 Å². The van der Waals surface area contributed by atoms with Gasteiger partial charge in [0.1, 0.15) is 0 Å². The van der Waals surface area contributed by atoms with Crippen molar-refractivity contribution in [3.05, 3.63) is 30.1 Å². The van der Waals surface area contributed by atoms with E-state index in [1.807, 2.05) is 30.1 Å². The first-order valence-corrected chi connectivity index (χ1v) is 8.87. The van der Waals surface area contributed by atoms with Gasteiger partial charge in [0, 0.05) is 37.1 Å². The predicted octanol–water partition coefficient (Wildman–Crippen LogP) is 2.90. The minimum absolute atomic E-state index is 0. The number of piperidine rings is 1. The molecule has 0 spiro atoms. The van der Waals surface area contributed by atoms with Gasteiger partial charge < -0.3 is 10.2 Å². The maximum atomic E-state index is 12.3. The lowest BCUT2D eigenvalue weighted by Gasteiger charge is -2.35. The van der Waals surface area contributed by atoms with Crippen LogP contribution >= 0.6 is 36.6 Å². The average Bonchev–Trinajstić information content (AvgIpc) is 2.85. The third kappa shape index (κ3) is 5.52. The van der Waals surface area contributed by atoms with Crippen molar-refractivity contribution >= 4 is 42.5 Å². The number of amides is 1. The second-order valence-corrected chi connectivity index (χ2v) is 7.07. The standard InChI is InChI=1S/C16H23N3OS.2ClH/c1-19(15-8-12-5-6-13(9-15)18-12)16(20)11-21-10-14-4-2-3-7-17-14;;/h2-4,7,12-13,15,18H,5-6,8-11H2,1H3;2*1H. The van der Waals surface area contributed by atoms with Crippen LogP contribution < -0.4 is 5.32 Å². The number of carbonyl (C=O) groups is 1. The van der Waals surface area contributed by atoms with E-state index in [4.69, 9.17) is 0 Å². The van der Waals surface area contributed by atoms with Crippen LogP contribution in [0.2, 0.25) is 0 Å². The van der Waals surface area contributed by atoms with Crippen molar-refractivity contribution in [1.82, 2.24) is 15.2 Å². The van der Waals surface area contributed by atoms with E-state index < -0.39 is 0 Å². The SMILES string of the molecule is CN(C(=O)CSCc1ccccn1)C1CC2CCC(C1)N2.Cl.Cl. The molecule has 2 saturated heterocycles. The van der Waals surface area contributed by atoms with Crippen molar-refractivity contribution in [3.63, 3.8) is 0 Å². The predicted molar refractivity (Wildman–Crippen MR) is 101 cm³/mol. The summed E-state index contributed by atoms with van der Waals surface area (Å²) in [5.41, 5.74) is 1.04. The Bertz CT molecular complexity index is 479. The Labute approximate surface area is 155 Å². The lowest BCUT2D eigenvalue weighted by Crippen LogP contribution is -2.49. The summed E-state index contributed by atoms with van der Waals surface area (Å²) in [6.07, 6.45) is 6.58. The summed E-state index contributed by atoms with van der Waals surface area (Å²) in [7, 11) is 1.97. The van der Waals surface area contributed by atoms with Gasteiger partial charge in [-0.15, -0.1) is 36.6 Å². The molecule has 4 nitrogen and oxygen atoms in total. The Kier molecular flexibility index (Phi) is 8.69. The minimum Gasteiger partial charge on any atom is -0.342 e. The summed E-state index contributed by atoms with van der Waals surface area (Å²) in [6.45, 7) is 0. The van der Waals surface area contributed by atoms with Gasteiger partial charge in [-0.25, -0.2) is 0 Å². The Morgan fingerprint density at radius 1 is 1.30 bits per heavy atom. The lowest BCUT2D eigenvalue weighted by atomic mass is 9.98. The number of halogens is 2. The maximum Gasteiger partial charge on any atom is 0.232 e. The fraction of sp³-hybridized carbons (Fsp3) is 0.625. The number of hydrogen-bond acceptors (Lipinski definition) is 4. The Balaban J connectivity index is 0.00000132. The van der Waals surface area contributed by atoms with E-state index in [1.54, 1.807) is 18.0 Å². The zero-order valence-corrected chi connectivity index (χ0v) is 15.8. The molecule has 2 atom stereocenters. The molecule has 2 bridgehead atoms. The van der Waals surface area contributed by atoms with Crippen LogP contribution in [0.25, 0.3) is 0 Å². The zero-order valence-electron chi connectivity index (χ0n) is 13.3. The number of nitrogens with zero attached hydrogens (tertiary/aromatic N) is 2. The molecule has 7 heteroatoms. The monoisotopic (exact) mass is 377 g/mol. The first-order chi connectivity index (χ1) is 10.2. The molecule has 0 saturated carbocycles. The van der Waals surface area contributed by atoms with Gasteiger partial charge in [0.25, 0.3) is 0 Å². The molecule has 0 aromatic carbocycles. The van der Waals surface area contributed by atoms with Crippen molar-refractivity contribution in [2.24, 2.45) is 0 Å². The van der Waals surface area contributed by atoms with Crippen molar-refractivity contribution in [3.8, 4) is 0 Å². The number of pyridine rings is 1. The molecule has 2 aliphatic heterocycles. The van der Waals surface area contributed by atoms with Crippen molar-refractivity contribution in [2.75, 3.05) is 12.8 Å². The number of thioether (sulfide) groups is 1. The molecule has 2 fully saturated rings. The van der Waals surface area contributed by atoms with E-state index >= 15 is 0 Å². The average molecular weight is 378 g/mol. The molecular formula is C16H25Cl2N3OS. The van der Waals surface area contributed by atoms with Crippen LogP contribution in [0, 0.1) is 0 Å². The first-order valence-electron chi connectivity index (χ1n) is 7.71. The van der Waals surface area contributed by atoms with Crippen LogP contribution in [-0.2, 0) is 10.5 Å². The Morgan fingerprint density at radius 2 is 2.00 bits per heavy atom. The highest BCUT2D eigenvalue weighted by Crippen LogP contribution is 2.29. The highest BCUT2D eigenvalue weighted by Gasteiger charge is 2.36. The fourth-order valence-corrected chi connectivity index (χ4v) is 4.24. The summed E-state index contributed by atoms with van der Waals surface area (Å²) >= 11 is 1.65. The van der Waals surface area contributed by atoms with Gasteiger partial charge >= 0.3 is 0 Å². The summed E-state index contributed by atoms with van der Waals surface area (Å²) in [6, 6.07) is 7.59. The fourth-order valence-electron chi connectivity index (χ4n) is 3.38. The van der Waals surface area contributed by atoms with Crippen molar-refractivity contribution < 1.29 is 4.79 Å². The van der Waals surface area contributed by atoms with Crippen molar-refractivity contribution in [2.45, 2.75) is 49.6 Å². The Hall–Kier alpha value is -0.490. The van der Waals surface area contributed by atoms with Crippen LogP contribution in [0.1, 0.15) is 31.4 Å². The van der Waals surface area contributed by atoms with Crippen LogP contribution in [-0.4, -0.2) is 46.7 Å². The molecule has 1 N–H and O–H groups in total. The summed E-state index contributed by atoms with van der Waals surface area (Å²) in [4.78, 5) is 18.6. The quantitative estimate of drug-likeness (QED) is 0.856. The van der Waals surface area contributed by atoms with Gasteiger partial charge in [-0.05, 0) is 37.8 Å². The number of rotatable bonds is 5. The van der Waals surface area contributed by atoms with E-state index in [0.29, 0.717) is 23.9 Å². The van der Waals surface area contributed by atoms with Gasteiger partial charge in [-0.1, -0.05) is 6.07 Å². The number of hydrogen-bond donors (Lipinski definition) is 1. The van der Waals surface area contributed by atoms with Gasteiger partial charge in [0.05, 0.1) is 11.4 Å². The molecule has 23 heavy (non-hydrogen) atoms. The minimum atomic E-state index is 0. The van der Waals surface area contributed by atoms with Gasteiger partial charge in [0.15, 0.2) is 0 Å². The van der Waals surface area contributed by atoms with Crippen LogP contribution in [0.15, 0.2) is 24.4 Å². The lowest BCUT2D eigenvalue weighted by molar-refractivity contribution is -0.129. The zero-order chi connectivity index (χ0) is 14.7. The summed E-state index contributed by atoms with van der Waals surface area (Å²) in [5.74, 6) is 1.60. The largest absolute Gasteiger partial charge is 0.342 e. The second-order valence-electron chi connectivity index (χ2n) is 6.08. The highest BCUT2D eigenvalue weighted by molar-refractivity contribution is 7.99. The molecular weight excluding hydrogens is 353 g/mol. The van der Waals surface area contributed by atoms with Crippen LogP contribution in [0.4, 0.5) is 0 Å². The summed E-state index contributed by atoms with van der Waals surface area (Å²) in [5, 5.41) is 3.63. The molecule has 2 unspecified atom stereocenters. The third-order valence-electron chi connectivity index (χ3n) is 4.59. The van der Waals surface area contributed by atoms with E-state index in [9.17, 15) is 4.79 Å². The first kappa shape index (κ1) is 20.6. The maximum absolute atomic E-state index is 12.3. The molecule has 1 aromatic rings. The third-order valence-corrected chi connectivity index (χ3v) is 5.54. The van der Waals surface area contributed by atoms with E-state index in [1.165, 1.54) is 12.8 Å². The molecule has 2 aliphatic rings. The second kappa shape index (κ2) is 9.72. The Morgan fingerprint density at radius 3 is 2.61 bits per heavy atom. The van der Waals surface area contributed by atoms with Gasteiger partial charge in [-0.2, -0.15) is 0 Å². The molecule has 130 valence electrons. The topological polar surface area (TPSA) is 45.2 Å². The van der Waals surface area contributed by atoms with E-state index in [2.05, 4.69) is 10.3 Å². The number of carbonyl (C=O) groups excluding carboxylic acids is 1. The molecule has 3 rings (SSSR count). The van der Waals surface area contributed by atoms with E-state index in [-0.39, 0.29) is 30.7 Å². The molecule has 0 aliphatic carbocycles.